The van der Waals surface area contributed by atoms with Crippen LogP contribution in [0.3, 0.4) is 0 Å². The molecule has 0 radical (unpaired) electrons. The predicted octanol–water partition coefficient (Wildman–Crippen LogP) is 1.95. The maximum atomic E-state index is 12.3. The van der Waals surface area contributed by atoms with Gasteiger partial charge in [-0.05, 0) is 12.5 Å². The highest BCUT2D eigenvalue weighted by atomic mass is 28.3. The molecule has 21 heavy (non-hydrogen) atoms. The van der Waals surface area contributed by atoms with Gasteiger partial charge in [0.05, 0.1) is 14.2 Å². The molecule has 0 bridgehead atoms. The van der Waals surface area contributed by atoms with Crippen LogP contribution in [-0.4, -0.2) is 34.2 Å². The Bertz CT molecular complexity index is 579. The van der Waals surface area contributed by atoms with Crippen molar-refractivity contribution < 1.29 is 19.1 Å². The van der Waals surface area contributed by atoms with E-state index in [4.69, 9.17) is 9.47 Å². The Labute approximate surface area is 125 Å². The topological polar surface area (TPSA) is 52.6 Å². The van der Waals surface area contributed by atoms with E-state index in [9.17, 15) is 9.59 Å². The lowest BCUT2D eigenvalue weighted by Gasteiger charge is -2.34. The van der Waals surface area contributed by atoms with Gasteiger partial charge >= 0.3 is 11.9 Å². The highest BCUT2D eigenvalue weighted by molar-refractivity contribution is 7.00. The Balaban J connectivity index is 2.64. The fraction of sp³-hybridized carbons (Fsp3) is 0.375. The van der Waals surface area contributed by atoms with Crippen LogP contribution in [0.5, 0.6) is 0 Å². The van der Waals surface area contributed by atoms with E-state index in [2.05, 4.69) is 6.55 Å². The van der Waals surface area contributed by atoms with Crippen molar-refractivity contribution in [2.45, 2.75) is 25.4 Å². The lowest BCUT2D eigenvalue weighted by atomic mass is 10.1. The average molecular weight is 304 g/mol. The van der Waals surface area contributed by atoms with Gasteiger partial charge in [-0.3, -0.25) is 0 Å². The van der Waals surface area contributed by atoms with Gasteiger partial charge in [0, 0.05) is 10.8 Å². The molecule has 0 spiro atoms. The molecule has 1 atom stereocenters. The van der Waals surface area contributed by atoms with Crippen molar-refractivity contribution >= 4 is 25.2 Å². The standard InChI is InChI=1S/C16H20O4Si/c1-19-15(17)13-10-7-11-21(3,14(13)16(18)20-2)12-8-5-4-6-9-12/h4-6,8-9H,7,10-11H2,1-3H3/t21-/m0/s1. The quantitative estimate of drug-likeness (QED) is 0.632. The zero-order valence-corrected chi connectivity index (χ0v) is 13.6. The van der Waals surface area contributed by atoms with Crippen LogP contribution in [0.15, 0.2) is 41.1 Å². The van der Waals surface area contributed by atoms with Gasteiger partial charge in [-0.15, -0.1) is 0 Å². The summed E-state index contributed by atoms with van der Waals surface area (Å²) in [4.78, 5) is 24.4. The third-order valence-electron chi connectivity index (χ3n) is 4.19. The Morgan fingerprint density at radius 3 is 2.24 bits per heavy atom. The SMILES string of the molecule is COC(=O)C1=C(C(=O)OC)[Si@](C)(c2ccccc2)CCC1. The Morgan fingerprint density at radius 2 is 1.67 bits per heavy atom. The van der Waals surface area contributed by atoms with E-state index in [1.54, 1.807) is 0 Å². The number of ether oxygens (including phenoxy) is 2. The van der Waals surface area contributed by atoms with Crippen molar-refractivity contribution in [2.75, 3.05) is 14.2 Å². The molecule has 5 heteroatoms. The van der Waals surface area contributed by atoms with Crippen LogP contribution >= 0.6 is 0 Å². The molecular weight excluding hydrogens is 284 g/mol. The van der Waals surface area contributed by atoms with Crippen molar-refractivity contribution in [2.24, 2.45) is 0 Å². The number of carbonyl (C=O) groups is 2. The Morgan fingerprint density at radius 1 is 1.05 bits per heavy atom. The molecule has 112 valence electrons. The highest BCUT2D eigenvalue weighted by Crippen LogP contribution is 2.34. The largest absolute Gasteiger partial charge is 0.466 e. The molecule has 0 saturated heterocycles. The van der Waals surface area contributed by atoms with Gasteiger partial charge < -0.3 is 9.47 Å². The highest BCUT2D eigenvalue weighted by Gasteiger charge is 2.44. The van der Waals surface area contributed by atoms with Crippen LogP contribution in [0, 0.1) is 0 Å². The van der Waals surface area contributed by atoms with Crippen molar-refractivity contribution in [3.8, 4) is 0 Å². The molecule has 0 saturated carbocycles. The van der Waals surface area contributed by atoms with Crippen molar-refractivity contribution in [3.63, 3.8) is 0 Å². The fourth-order valence-electron chi connectivity index (χ4n) is 3.07. The summed E-state index contributed by atoms with van der Waals surface area (Å²) in [6.45, 7) is 2.12. The van der Waals surface area contributed by atoms with Crippen molar-refractivity contribution in [1.29, 1.82) is 0 Å². The van der Waals surface area contributed by atoms with Gasteiger partial charge in [0.2, 0.25) is 0 Å². The van der Waals surface area contributed by atoms with Gasteiger partial charge in [0.15, 0.2) is 0 Å². The molecule has 0 aliphatic carbocycles. The van der Waals surface area contributed by atoms with Crippen molar-refractivity contribution in [3.05, 3.63) is 41.1 Å². The van der Waals surface area contributed by atoms with Gasteiger partial charge in [0.1, 0.15) is 8.07 Å². The van der Waals surface area contributed by atoms with Crippen molar-refractivity contribution in [1.82, 2.24) is 0 Å². The summed E-state index contributed by atoms with van der Waals surface area (Å²) >= 11 is 0. The predicted molar refractivity (Wildman–Crippen MR) is 82.8 cm³/mol. The first-order valence-corrected chi connectivity index (χ1v) is 9.71. The van der Waals surface area contributed by atoms with Crippen LogP contribution in [-0.2, 0) is 19.1 Å². The monoisotopic (exact) mass is 304 g/mol. The van der Waals surface area contributed by atoms with Crippen LogP contribution in [0.25, 0.3) is 0 Å². The smallest absolute Gasteiger partial charge is 0.333 e. The third-order valence-corrected chi connectivity index (χ3v) is 8.76. The normalized spacial score (nSPS) is 21.9. The van der Waals surface area contributed by atoms with Crippen LogP contribution in [0.2, 0.25) is 12.6 Å². The van der Waals surface area contributed by atoms with E-state index in [1.807, 2.05) is 30.3 Å². The van der Waals surface area contributed by atoms with E-state index >= 15 is 0 Å². The van der Waals surface area contributed by atoms with E-state index in [1.165, 1.54) is 14.2 Å². The van der Waals surface area contributed by atoms with Crippen LogP contribution in [0.4, 0.5) is 0 Å². The Hall–Kier alpha value is -1.88. The molecule has 0 amide bonds. The number of hydrogen-bond acceptors (Lipinski definition) is 4. The second-order valence-corrected chi connectivity index (χ2v) is 9.63. The van der Waals surface area contributed by atoms with Gasteiger partial charge in [-0.1, -0.05) is 48.5 Å². The molecule has 0 fully saturated rings. The number of hydrogen-bond donors (Lipinski definition) is 0. The van der Waals surface area contributed by atoms with Gasteiger partial charge in [0.25, 0.3) is 0 Å². The molecule has 1 aromatic rings. The number of benzene rings is 1. The first kappa shape index (κ1) is 15.5. The average Bonchev–Trinajstić information content (AvgIpc) is 2.54. The molecule has 1 aromatic carbocycles. The maximum absolute atomic E-state index is 12.3. The van der Waals surface area contributed by atoms with E-state index in [0.29, 0.717) is 17.2 Å². The summed E-state index contributed by atoms with van der Waals surface area (Å²) in [6.07, 6.45) is 1.47. The van der Waals surface area contributed by atoms with Gasteiger partial charge in [-0.2, -0.15) is 0 Å². The second kappa shape index (κ2) is 6.26. The van der Waals surface area contributed by atoms with Crippen LogP contribution < -0.4 is 5.19 Å². The molecule has 2 rings (SSSR count). The molecule has 1 heterocycles. The molecule has 0 N–H and O–H groups in total. The number of carbonyl (C=O) groups excluding carboxylic acids is 2. The number of esters is 2. The first-order chi connectivity index (χ1) is 10.0. The summed E-state index contributed by atoms with van der Waals surface area (Å²) in [5, 5.41) is 1.71. The molecule has 0 aromatic heterocycles. The number of rotatable bonds is 3. The second-order valence-electron chi connectivity index (χ2n) is 5.39. The lowest BCUT2D eigenvalue weighted by molar-refractivity contribution is -0.139. The number of methoxy groups -OCH3 is 2. The molecule has 1 aliphatic heterocycles. The zero-order valence-electron chi connectivity index (χ0n) is 12.6. The maximum Gasteiger partial charge on any atom is 0.333 e. The summed E-state index contributed by atoms with van der Waals surface area (Å²) in [5.74, 6) is -0.808. The molecule has 4 nitrogen and oxygen atoms in total. The fourth-order valence-corrected chi connectivity index (χ4v) is 7.16. The summed E-state index contributed by atoms with van der Waals surface area (Å²) < 4.78 is 9.82. The summed E-state index contributed by atoms with van der Waals surface area (Å²) in [6, 6.07) is 10.9. The zero-order chi connectivity index (χ0) is 15.5. The third kappa shape index (κ3) is 2.78. The minimum absolute atomic E-state index is 0.395. The van der Waals surface area contributed by atoms with E-state index in [0.717, 1.165) is 17.7 Å². The Kier molecular flexibility index (Phi) is 4.62. The van der Waals surface area contributed by atoms with Crippen LogP contribution in [0.1, 0.15) is 12.8 Å². The molecule has 1 aliphatic rings. The summed E-state index contributed by atoms with van der Waals surface area (Å²) in [5.41, 5.74) is 0.494. The van der Waals surface area contributed by atoms with Gasteiger partial charge in [-0.25, -0.2) is 9.59 Å². The summed E-state index contributed by atoms with van der Waals surface area (Å²) in [7, 11) is 0.443. The lowest BCUT2D eigenvalue weighted by Crippen LogP contribution is -2.52. The molecular formula is C16H20O4Si. The minimum atomic E-state index is -2.26. The minimum Gasteiger partial charge on any atom is -0.466 e. The first-order valence-electron chi connectivity index (χ1n) is 7.00. The van der Waals surface area contributed by atoms with E-state index < -0.39 is 20.0 Å². The van der Waals surface area contributed by atoms with E-state index in [-0.39, 0.29) is 0 Å². The molecule has 0 unspecified atom stereocenters.